The zero-order chi connectivity index (χ0) is 15.1. The van der Waals surface area contributed by atoms with E-state index in [0.717, 1.165) is 5.69 Å². The van der Waals surface area contributed by atoms with Crippen molar-refractivity contribution < 1.29 is 9.18 Å². The third-order valence-corrected chi connectivity index (χ3v) is 2.57. The molecule has 0 aromatic heterocycles. The highest BCUT2D eigenvalue weighted by Crippen LogP contribution is 2.08. The molecule has 21 heavy (non-hydrogen) atoms. The first kappa shape index (κ1) is 14.5. The second-order valence-electron chi connectivity index (χ2n) is 4.25. The van der Waals surface area contributed by atoms with E-state index in [1.165, 1.54) is 24.3 Å². The maximum Gasteiger partial charge on any atom is 0.246 e. The van der Waals surface area contributed by atoms with Crippen molar-refractivity contribution in [2.45, 2.75) is 0 Å². The average Bonchev–Trinajstić information content (AvgIpc) is 2.49. The van der Waals surface area contributed by atoms with Gasteiger partial charge in [0.1, 0.15) is 12.4 Å². The van der Waals surface area contributed by atoms with Gasteiger partial charge in [0.05, 0.1) is 0 Å². The lowest BCUT2D eigenvalue weighted by Gasteiger charge is -2.06. The van der Waals surface area contributed by atoms with Crippen molar-refractivity contribution in [2.75, 3.05) is 17.2 Å². The molecule has 108 valence electrons. The Morgan fingerprint density at radius 1 is 1.00 bits per heavy atom. The number of para-hydroxylation sites is 1. The third-order valence-electron chi connectivity index (χ3n) is 2.57. The number of nitrogens with zero attached hydrogens (tertiary/aromatic N) is 1. The van der Waals surface area contributed by atoms with Crippen molar-refractivity contribution in [3.05, 3.63) is 60.4 Å². The molecule has 0 aliphatic carbocycles. The van der Waals surface area contributed by atoms with Gasteiger partial charge in [0.25, 0.3) is 0 Å². The standard InChI is InChI=1S/C15H15FN4O/c16-11-6-8-13(9-7-11)19-14(21)10-18-15(17)20-12-4-2-1-3-5-12/h1-9H,10H2,(H,19,21)(H3,17,18,20). The summed E-state index contributed by atoms with van der Waals surface area (Å²) in [5.41, 5.74) is 6.97. The maximum absolute atomic E-state index is 12.7. The van der Waals surface area contributed by atoms with Crippen LogP contribution in [0.2, 0.25) is 0 Å². The van der Waals surface area contributed by atoms with Gasteiger partial charge in [-0.15, -0.1) is 0 Å². The van der Waals surface area contributed by atoms with Gasteiger partial charge < -0.3 is 16.4 Å². The van der Waals surface area contributed by atoms with Crippen LogP contribution in [0.5, 0.6) is 0 Å². The van der Waals surface area contributed by atoms with Crippen LogP contribution >= 0.6 is 0 Å². The largest absolute Gasteiger partial charge is 0.370 e. The molecule has 6 heteroatoms. The Bertz CT molecular complexity index is 626. The highest BCUT2D eigenvalue weighted by Gasteiger charge is 2.02. The Morgan fingerprint density at radius 2 is 1.62 bits per heavy atom. The van der Waals surface area contributed by atoms with E-state index in [1.54, 1.807) is 0 Å². The van der Waals surface area contributed by atoms with Gasteiger partial charge in [0.2, 0.25) is 5.91 Å². The number of anilines is 2. The van der Waals surface area contributed by atoms with Crippen molar-refractivity contribution in [2.24, 2.45) is 10.7 Å². The fourth-order valence-electron chi connectivity index (χ4n) is 1.60. The second kappa shape index (κ2) is 7.04. The van der Waals surface area contributed by atoms with E-state index in [2.05, 4.69) is 15.6 Å². The van der Waals surface area contributed by atoms with Gasteiger partial charge in [-0.1, -0.05) is 18.2 Å². The van der Waals surface area contributed by atoms with Gasteiger partial charge in [-0.25, -0.2) is 9.38 Å². The van der Waals surface area contributed by atoms with Crippen LogP contribution in [0.15, 0.2) is 59.6 Å². The number of nitrogens with two attached hydrogens (primary N) is 1. The summed E-state index contributed by atoms with van der Waals surface area (Å²) in [5.74, 6) is -0.544. The van der Waals surface area contributed by atoms with Gasteiger partial charge in [0.15, 0.2) is 5.96 Å². The normalized spacial score (nSPS) is 11.0. The van der Waals surface area contributed by atoms with Crippen LogP contribution in [0.3, 0.4) is 0 Å². The van der Waals surface area contributed by atoms with E-state index in [4.69, 9.17) is 5.73 Å². The molecule has 0 spiro atoms. The zero-order valence-corrected chi connectivity index (χ0v) is 11.2. The third kappa shape index (κ3) is 4.94. The molecule has 0 fully saturated rings. The Labute approximate surface area is 121 Å². The molecule has 2 aromatic carbocycles. The summed E-state index contributed by atoms with van der Waals surface area (Å²) in [4.78, 5) is 15.6. The van der Waals surface area contributed by atoms with Crippen molar-refractivity contribution in [1.29, 1.82) is 0 Å². The SMILES string of the molecule is NC(=NCC(=O)Nc1ccc(F)cc1)Nc1ccccc1. The van der Waals surface area contributed by atoms with Gasteiger partial charge in [-0.2, -0.15) is 0 Å². The molecule has 2 aromatic rings. The summed E-state index contributed by atoms with van der Waals surface area (Å²) in [7, 11) is 0. The topological polar surface area (TPSA) is 79.5 Å². The lowest BCUT2D eigenvalue weighted by atomic mass is 10.3. The molecule has 5 nitrogen and oxygen atoms in total. The van der Waals surface area contributed by atoms with Crippen LogP contribution in [0.25, 0.3) is 0 Å². The Morgan fingerprint density at radius 3 is 2.29 bits per heavy atom. The molecule has 0 bridgehead atoms. The van der Waals surface area contributed by atoms with Crippen LogP contribution < -0.4 is 16.4 Å². The molecular weight excluding hydrogens is 271 g/mol. The molecule has 0 saturated carbocycles. The zero-order valence-electron chi connectivity index (χ0n) is 11.2. The molecule has 0 radical (unpaired) electrons. The lowest BCUT2D eigenvalue weighted by Crippen LogP contribution is -2.25. The summed E-state index contributed by atoms with van der Waals surface area (Å²) in [6, 6.07) is 14.8. The molecule has 0 atom stereocenters. The number of hydrogen-bond donors (Lipinski definition) is 3. The van der Waals surface area contributed by atoms with E-state index >= 15 is 0 Å². The van der Waals surface area contributed by atoms with E-state index in [-0.39, 0.29) is 24.2 Å². The van der Waals surface area contributed by atoms with Crippen LogP contribution in [0.1, 0.15) is 0 Å². The number of nitrogens with one attached hydrogen (secondary N) is 2. The quantitative estimate of drug-likeness (QED) is 0.595. The van der Waals surface area contributed by atoms with Crippen molar-refractivity contribution in [3.63, 3.8) is 0 Å². The molecule has 2 rings (SSSR count). The maximum atomic E-state index is 12.7. The summed E-state index contributed by atoms with van der Waals surface area (Å²) in [6.45, 7) is -0.122. The number of benzene rings is 2. The number of rotatable bonds is 4. The minimum atomic E-state index is -0.359. The van der Waals surface area contributed by atoms with Crippen molar-refractivity contribution in [3.8, 4) is 0 Å². The predicted molar refractivity (Wildman–Crippen MR) is 81.6 cm³/mol. The monoisotopic (exact) mass is 286 g/mol. The first-order valence-electron chi connectivity index (χ1n) is 6.31. The van der Waals surface area contributed by atoms with Gasteiger partial charge >= 0.3 is 0 Å². The van der Waals surface area contributed by atoms with Crippen molar-refractivity contribution in [1.82, 2.24) is 0 Å². The van der Waals surface area contributed by atoms with E-state index in [0.29, 0.717) is 5.69 Å². The summed E-state index contributed by atoms with van der Waals surface area (Å²) >= 11 is 0. The number of carbonyl (C=O) groups excluding carboxylic acids is 1. The second-order valence-corrected chi connectivity index (χ2v) is 4.25. The van der Waals surface area contributed by atoms with Gasteiger partial charge in [-0.3, -0.25) is 4.79 Å². The molecule has 0 unspecified atom stereocenters. The Kier molecular flexibility index (Phi) is 4.87. The first-order chi connectivity index (χ1) is 10.1. The van der Waals surface area contributed by atoms with E-state index in [9.17, 15) is 9.18 Å². The number of amides is 1. The van der Waals surface area contributed by atoms with Crippen LogP contribution in [0.4, 0.5) is 15.8 Å². The van der Waals surface area contributed by atoms with Crippen LogP contribution in [-0.4, -0.2) is 18.4 Å². The van der Waals surface area contributed by atoms with Crippen LogP contribution in [0, 0.1) is 5.82 Å². The molecule has 1 amide bonds. The van der Waals surface area contributed by atoms with Gasteiger partial charge in [0, 0.05) is 11.4 Å². The summed E-state index contributed by atoms with van der Waals surface area (Å²) in [5, 5.41) is 5.46. The summed E-state index contributed by atoms with van der Waals surface area (Å²) < 4.78 is 12.7. The minimum Gasteiger partial charge on any atom is -0.370 e. The fourth-order valence-corrected chi connectivity index (χ4v) is 1.60. The molecule has 4 N–H and O–H groups in total. The first-order valence-corrected chi connectivity index (χ1v) is 6.31. The predicted octanol–water partition coefficient (Wildman–Crippen LogP) is 2.19. The Hall–Kier alpha value is -2.89. The number of hydrogen-bond acceptors (Lipinski definition) is 2. The van der Waals surface area contributed by atoms with E-state index in [1.807, 2.05) is 30.3 Å². The molecule has 0 heterocycles. The lowest BCUT2D eigenvalue weighted by molar-refractivity contribution is -0.114. The molecule has 0 saturated heterocycles. The highest BCUT2D eigenvalue weighted by atomic mass is 19.1. The number of carbonyl (C=O) groups is 1. The average molecular weight is 286 g/mol. The number of guanidine groups is 1. The number of aliphatic imine (C=N–C) groups is 1. The molecule has 0 aliphatic heterocycles. The smallest absolute Gasteiger partial charge is 0.246 e. The molecular formula is C15H15FN4O. The highest BCUT2D eigenvalue weighted by molar-refractivity contribution is 5.96. The number of halogens is 1. The summed E-state index contributed by atoms with van der Waals surface area (Å²) in [6.07, 6.45) is 0. The minimum absolute atomic E-state index is 0.122. The van der Waals surface area contributed by atoms with Gasteiger partial charge in [-0.05, 0) is 36.4 Å². The van der Waals surface area contributed by atoms with Crippen LogP contribution in [-0.2, 0) is 4.79 Å². The fraction of sp³-hybridized carbons (Fsp3) is 0.0667. The van der Waals surface area contributed by atoms with Crippen molar-refractivity contribution >= 4 is 23.2 Å². The van der Waals surface area contributed by atoms with E-state index < -0.39 is 0 Å². The Balaban J connectivity index is 1.85. The molecule has 0 aliphatic rings.